The molecule has 0 unspecified atom stereocenters. The summed E-state index contributed by atoms with van der Waals surface area (Å²) in [4.78, 5) is 0. The minimum absolute atomic E-state index is 0.218. The molecule has 2 aromatic carbocycles. The molecule has 1 atom stereocenters. The molecule has 106 valence electrons. The van der Waals surface area contributed by atoms with Gasteiger partial charge in [-0.15, -0.1) is 10.2 Å². The third kappa shape index (κ3) is 3.00. The van der Waals surface area contributed by atoms with Gasteiger partial charge in [-0.2, -0.15) is 0 Å². The van der Waals surface area contributed by atoms with E-state index in [1.54, 1.807) is 18.1 Å². The molecule has 1 heterocycles. The number of rotatable bonds is 4. The zero-order chi connectivity index (χ0) is 14.7. The summed E-state index contributed by atoms with van der Waals surface area (Å²) < 4.78 is 1.96. The van der Waals surface area contributed by atoms with Crippen molar-refractivity contribution in [3.05, 3.63) is 77.6 Å². The van der Waals surface area contributed by atoms with E-state index in [0.717, 1.165) is 5.16 Å². The molecule has 3 rings (SSSR count). The summed E-state index contributed by atoms with van der Waals surface area (Å²) in [6.45, 7) is 2.16. The minimum Gasteiger partial charge on any atom is -0.312 e. The van der Waals surface area contributed by atoms with E-state index in [1.807, 2.05) is 17.7 Å². The predicted octanol–water partition coefficient (Wildman–Crippen LogP) is 4.01. The van der Waals surface area contributed by atoms with Crippen LogP contribution in [0.5, 0.6) is 0 Å². The maximum Gasteiger partial charge on any atom is 0.191 e. The average Bonchev–Trinajstić information content (AvgIpc) is 2.92. The van der Waals surface area contributed by atoms with Crippen molar-refractivity contribution in [3.63, 3.8) is 0 Å². The lowest BCUT2D eigenvalue weighted by Crippen LogP contribution is -2.01. The van der Waals surface area contributed by atoms with Gasteiger partial charge in [-0.05, 0) is 23.6 Å². The summed E-state index contributed by atoms with van der Waals surface area (Å²) >= 11 is 1.73. The second-order valence-corrected chi connectivity index (χ2v) is 6.06. The third-order valence-corrected chi connectivity index (χ3v) is 4.81. The van der Waals surface area contributed by atoms with Gasteiger partial charge < -0.3 is 4.57 Å². The molecule has 3 nitrogen and oxygen atoms in total. The van der Waals surface area contributed by atoms with E-state index >= 15 is 0 Å². The number of nitrogens with zero attached hydrogens (tertiary/aromatic N) is 3. The van der Waals surface area contributed by atoms with E-state index in [1.165, 1.54) is 16.7 Å². The van der Waals surface area contributed by atoms with Crippen LogP contribution in [0.1, 0.15) is 21.9 Å². The molecule has 3 aromatic rings. The molecule has 0 bridgehead atoms. The first kappa shape index (κ1) is 13.9. The topological polar surface area (TPSA) is 30.7 Å². The monoisotopic (exact) mass is 295 g/mol. The van der Waals surface area contributed by atoms with Gasteiger partial charge >= 0.3 is 0 Å². The zero-order valence-corrected chi connectivity index (χ0v) is 12.9. The molecule has 21 heavy (non-hydrogen) atoms. The van der Waals surface area contributed by atoms with Crippen molar-refractivity contribution >= 4 is 11.8 Å². The van der Waals surface area contributed by atoms with Gasteiger partial charge in [0.15, 0.2) is 5.16 Å². The van der Waals surface area contributed by atoms with Crippen LogP contribution in [0.4, 0.5) is 0 Å². The quantitative estimate of drug-likeness (QED) is 0.681. The lowest BCUT2D eigenvalue weighted by molar-refractivity contribution is 0.786. The highest BCUT2D eigenvalue weighted by atomic mass is 32.2. The molecule has 0 saturated carbocycles. The summed E-state index contributed by atoms with van der Waals surface area (Å²) in [5.74, 6) is 0. The van der Waals surface area contributed by atoms with Gasteiger partial charge in [0, 0.05) is 7.05 Å². The number of thioether (sulfide) groups is 1. The van der Waals surface area contributed by atoms with Crippen LogP contribution >= 0.6 is 11.8 Å². The smallest absolute Gasteiger partial charge is 0.191 e. The molecule has 0 saturated heterocycles. The molecule has 0 spiro atoms. The van der Waals surface area contributed by atoms with E-state index in [9.17, 15) is 0 Å². The molecule has 0 N–H and O–H groups in total. The molecule has 0 amide bonds. The van der Waals surface area contributed by atoms with Crippen molar-refractivity contribution in [2.45, 2.75) is 17.3 Å². The fourth-order valence-corrected chi connectivity index (χ4v) is 3.51. The lowest BCUT2D eigenvalue weighted by Gasteiger charge is -2.19. The standard InChI is InChI=1S/C17H17N3S/c1-13-8-6-7-11-15(13)16(14-9-4-3-5-10-14)21-17-19-18-12-20(17)2/h3-12,16H,1-2H3/t16-/m1/s1. The Bertz CT molecular complexity index is 722. The van der Waals surface area contributed by atoms with Gasteiger partial charge in [-0.3, -0.25) is 0 Å². The fraction of sp³-hybridized carbons (Fsp3) is 0.176. The second-order valence-electron chi connectivity index (χ2n) is 4.99. The summed E-state index contributed by atoms with van der Waals surface area (Å²) in [5.41, 5.74) is 3.89. The van der Waals surface area contributed by atoms with E-state index in [-0.39, 0.29) is 5.25 Å². The van der Waals surface area contributed by atoms with Crippen LogP contribution in [0.25, 0.3) is 0 Å². The Morgan fingerprint density at radius 2 is 1.71 bits per heavy atom. The first-order valence-corrected chi connectivity index (χ1v) is 7.75. The van der Waals surface area contributed by atoms with Gasteiger partial charge in [0.25, 0.3) is 0 Å². The molecular weight excluding hydrogens is 278 g/mol. The van der Waals surface area contributed by atoms with Crippen molar-refractivity contribution in [1.82, 2.24) is 14.8 Å². The summed E-state index contributed by atoms with van der Waals surface area (Å²) in [6, 6.07) is 19.1. The molecule has 1 aromatic heterocycles. The highest BCUT2D eigenvalue weighted by molar-refractivity contribution is 7.99. The number of hydrogen-bond acceptors (Lipinski definition) is 3. The number of benzene rings is 2. The predicted molar refractivity (Wildman–Crippen MR) is 86.3 cm³/mol. The van der Waals surface area contributed by atoms with Gasteiger partial charge in [0.2, 0.25) is 0 Å². The maximum absolute atomic E-state index is 4.21. The molecule has 0 fully saturated rings. The Kier molecular flexibility index (Phi) is 4.06. The molecule has 0 radical (unpaired) electrons. The third-order valence-electron chi connectivity index (χ3n) is 3.47. The number of hydrogen-bond donors (Lipinski definition) is 0. The molecule has 4 heteroatoms. The van der Waals surface area contributed by atoms with Gasteiger partial charge in [-0.25, -0.2) is 0 Å². The molecule has 0 aliphatic rings. The van der Waals surface area contributed by atoms with E-state index in [0.29, 0.717) is 0 Å². The Morgan fingerprint density at radius 3 is 2.38 bits per heavy atom. The van der Waals surface area contributed by atoms with E-state index < -0.39 is 0 Å². The molecule has 0 aliphatic heterocycles. The van der Waals surface area contributed by atoms with E-state index in [2.05, 4.69) is 65.7 Å². The second kappa shape index (κ2) is 6.14. The Balaban J connectivity index is 2.04. The van der Waals surface area contributed by atoms with Crippen LogP contribution in [0, 0.1) is 6.92 Å². The largest absolute Gasteiger partial charge is 0.312 e. The normalized spacial score (nSPS) is 12.3. The van der Waals surface area contributed by atoms with Crippen molar-refractivity contribution in [2.24, 2.45) is 7.05 Å². The maximum atomic E-state index is 4.21. The zero-order valence-electron chi connectivity index (χ0n) is 12.1. The Labute approximate surface area is 129 Å². The highest BCUT2D eigenvalue weighted by Crippen LogP contribution is 2.40. The van der Waals surface area contributed by atoms with Crippen molar-refractivity contribution in [1.29, 1.82) is 0 Å². The van der Waals surface area contributed by atoms with Crippen molar-refractivity contribution in [2.75, 3.05) is 0 Å². The highest BCUT2D eigenvalue weighted by Gasteiger charge is 2.19. The van der Waals surface area contributed by atoms with Gasteiger partial charge in [0.1, 0.15) is 6.33 Å². The SMILES string of the molecule is Cc1ccccc1[C@H](Sc1nncn1C)c1ccccc1. The van der Waals surface area contributed by atoms with Crippen LogP contribution < -0.4 is 0 Å². The summed E-state index contributed by atoms with van der Waals surface area (Å²) in [6.07, 6.45) is 1.74. The summed E-state index contributed by atoms with van der Waals surface area (Å²) in [5, 5.41) is 9.33. The Hall–Kier alpha value is -2.07. The van der Waals surface area contributed by atoms with Crippen LogP contribution in [0.2, 0.25) is 0 Å². The first-order chi connectivity index (χ1) is 10.3. The van der Waals surface area contributed by atoms with Crippen molar-refractivity contribution in [3.8, 4) is 0 Å². The Morgan fingerprint density at radius 1 is 1.00 bits per heavy atom. The minimum atomic E-state index is 0.218. The van der Waals surface area contributed by atoms with Crippen LogP contribution in [-0.2, 0) is 7.05 Å². The first-order valence-electron chi connectivity index (χ1n) is 6.87. The average molecular weight is 295 g/mol. The molecular formula is C17H17N3S. The van der Waals surface area contributed by atoms with Crippen molar-refractivity contribution < 1.29 is 0 Å². The van der Waals surface area contributed by atoms with Crippen LogP contribution in [0.3, 0.4) is 0 Å². The summed E-state index contributed by atoms with van der Waals surface area (Å²) in [7, 11) is 1.97. The lowest BCUT2D eigenvalue weighted by atomic mass is 10.0. The number of aryl methyl sites for hydroxylation is 2. The van der Waals surface area contributed by atoms with E-state index in [4.69, 9.17) is 0 Å². The van der Waals surface area contributed by atoms with Crippen LogP contribution in [0.15, 0.2) is 66.1 Å². The molecule has 0 aliphatic carbocycles. The van der Waals surface area contributed by atoms with Crippen LogP contribution in [-0.4, -0.2) is 14.8 Å². The fourth-order valence-electron chi connectivity index (χ4n) is 2.30. The number of aromatic nitrogens is 3. The van der Waals surface area contributed by atoms with Gasteiger partial charge in [-0.1, -0.05) is 66.4 Å². The van der Waals surface area contributed by atoms with Gasteiger partial charge in [0.05, 0.1) is 5.25 Å².